The van der Waals surface area contributed by atoms with Crippen molar-refractivity contribution in [1.82, 2.24) is 25.3 Å². The summed E-state index contributed by atoms with van der Waals surface area (Å²) in [5.74, 6) is 1.97. The third-order valence-electron chi connectivity index (χ3n) is 13.5. The number of anilines is 4. The number of benzene rings is 3. The quantitative estimate of drug-likeness (QED) is 0.135. The largest absolute Gasteiger partial charge is 0.507 e. The maximum Gasteiger partial charge on any atom is 0.249 e. The van der Waals surface area contributed by atoms with Crippen LogP contribution in [0.3, 0.4) is 0 Å². The molecule has 15 heteroatoms. The van der Waals surface area contributed by atoms with E-state index in [1.165, 1.54) is 10.5 Å². The number of nitrogens with zero attached hydrogens (tertiary/aromatic N) is 6. The molecule has 0 unspecified atom stereocenters. The van der Waals surface area contributed by atoms with Crippen LogP contribution in [0.5, 0.6) is 11.5 Å². The number of thioether (sulfide) groups is 1. The zero-order valence-corrected chi connectivity index (χ0v) is 36.9. The number of aromatic hydroxyl groups is 1. The van der Waals surface area contributed by atoms with Crippen LogP contribution < -0.4 is 30.9 Å². The van der Waals surface area contributed by atoms with Crippen molar-refractivity contribution in [1.29, 1.82) is 0 Å². The Bertz CT molecular complexity index is 2300. The summed E-state index contributed by atoms with van der Waals surface area (Å²) in [4.78, 5) is 48.1. The first-order valence-corrected chi connectivity index (χ1v) is 23.6. The highest BCUT2D eigenvalue weighted by Crippen LogP contribution is 2.43. The average Bonchev–Trinajstić information content (AvgIpc) is 3.47. The lowest BCUT2D eigenvalue weighted by atomic mass is 9.87. The number of para-hydroxylation sites is 2. The van der Waals surface area contributed by atoms with Crippen LogP contribution in [-0.2, 0) is 14.4 Å². The molecule has 0 radical (unpaired) electrons. The number of phenols is 1. The molecule has 5 aliphatic rings. The lowest BCUT2D eigenvalue weighted by Crippen LogP contribution is -2.54. The van der Waals surface area contributed by atoms with Crippen molar-refractivity contribution in [2.24, 2.45) is 5.92 Å². The van der Waals surface area contributed by atoms with Gasteiger partial charge >= 0.3 is 0 Å². The highest BCUT2D eigenvalue weighted by atomic mass is 32.2. The Kier molecular flexibility index (Phi) is 12.9. The molecule has 4 saturated heterocycles. The fraction of sp³-hybridized carbons (Fsp3) is 0.479. The smallest absolute Gasteiger partial charge is 0.249 e. The Morgan fingerprint density at radius 2 is 1.70 bits per heavy atom. The number of aromatic nitrogens is 2. The zero-order chi connectivity index (χ0) is 43.5. The van der Waals surface area contributed by atoms with Gasteiger partial charge in [-0.1, -0.05) is 37.3 Å². The SMILES string of the molecule is C[C@H]1CC[C@@H](Nc2cccc(SC3CCN(C(=O)CN4CCC(c5cccc6c5OCCN6[C@H]5CCC(=O)NC5=O)CC4)CC3)c2)CN(c2cc(-c3ccccc3O)nnc2N)C1. The van der Waals surface area contributed by atoms with Crippen molar-refractivity contribution in [3.63, 3.8) is 0 Å². The third kappa shape index (κ3) is 9.84. The summed E-state index contributed by atoms with van der Waals surface area (Å²) in [5.41, 5.74) is 11.7. The van der Waals surface area contributed by atoms with Crippen molar-refractivity contribution in [3.05, 3.63) is 78.4 Å². The first-order valence-electron chi connectivity index (χ1n) is 22.7. The van der Waals surface area contributed by atoms with Gasteiger partial charge in [-0.25, -0.2) is 0 Å². The summed E-state index contributed by atoms with van der Waals surface area (Å²) >= 11 is 1.91. The molecular weight excluding hydrogens is 815 g/mol. The second-order valence-corrected chi connectivity index (χ2v) is 19.3. The molecular formula is C48H59N9O5S. The maximum atomic E-state index is 13.6. The first-order chi connectivity index (χ1) is 30.6. The third-order valence-corrected chi connectivity index (χ3v) is 14.8. The normalized spacial score (nSPS) is 22.8. The molecule has 6 heterocycles. The summed E-state index contributed by atoms with van der Waals surface area (Å²) in [6.45, 7) is 8.70. The molecule has 332 valence electrons. The summed E-state index contributed by atoms with van der Waals surface area (Å²) < 4.78 is 6.25. The maximum absolute atomic E-state index is 13.6. The number of piperidine rings is 3. The van der Waals surface area contributed by atoms with Gasteiger partial charge in [0.1, 0.15) is 24.1 Å². The van der Waals surface area contributed by atoms with Gasteiger partial charge in [0, 0.05) is 60.0 Å². The van der Waals surface area contributed by atoms with Gasteiger partial charge in [0.15, 0.2) is 5.82 Å². The molecule has 9 rings (SSSR count). The number of amides is 3. The van der Waals surface area contributed by atoms with Crippen LogP contribution in [-0.4, -0.2) is 119 Å². The van der Waals surface area contributed by atoms with E-state index in [1.807, 2.05) is 36.0 Å². The minimum Gasteiger partial charge on any atom is -0.507 e. The molecule has 3 amide bonds. The van der Waals surface area contributed by atoms with Crippen molar-refractivity contribution >= 4 is 52.4 Å². The van der Waals surface area contributed by atoms with E-state index in [2.05, 4.69) is 83.8 Å². The molecule has 0 spiro atoms. The molecule has 4 aromatic rings. The number of fused-ring (bicyclic) bond motifs is 1. The first kappa shape index (κ1) is 42.7. The van der Waals surface area contributed by atoms with Gasteiger partial charge in [0.25, 0.3) is 0 Å². The number of carbonyl (C=O) groups is 3. The molecule has 5 aliphatic heterocycles. The summed E-state index contributed by atoms with van der Waals surface area (Å²) in [6, 6.07) is 23.9. The Hall–Kier alpha value is -5.54. The van der Waals surface area contributed by atoms with Gasteiger partial charge in [0.2, 0.25) is 17.7 Å². The number of carbonyl (C=O) groups excluding carboxylic acids is 3. The minimum absolute atomic E-state index is 0.162. The lowest BCUT2D eigenvalue weighted by Gasteiger charge is -2.40. The highest BCUT2D eigenvalue weighted by Gasteiger charge is 2.37. The summed E-state index contributed by atoms with van der Waals surface area (Å²) in [5, 5.41) is 25.9. The van der Waals surface area contributed by atoms with E-state index in [0.29, 0.717) is 66.7 Å². The van der Waals surface area contributed by atoms with Gasteiger partial charge in [-0.2, -0.15) is 0 Å². The van der Waals surface area contributed by atoms with Crippen LogP contribution in [0.1, 0.15) is 69.8 Å². The number of nitrogen functional groups attached to an aromatic ring is 1. The second kappa shape index (κ2) is 19.1. The van der Waals surface area contributed by atoms with Crippen LogP contribution in [0.15, 0.2) is 77.7 Å². The van der Waals surface area contributed by atoms with Gasteiger partial charge in [-0.15, -0.1) is 22.0 Å². The monoisotopic (exact) mass is 873 g/mol. The van der Waals surface area contributed by atoms with Crippen molar-refractivity contribution in [2.45, 2.75) is 86.4 Å². The molecule has 1 aromatic heterocycles. The Labute approximate surface area is 373 Å². The summed E-state index contributed by atoms with van der Waals surface area (Å²) in [6.07, 6.45) is 6.78. The topological polar surface area (TPSA) is 169 Å². The zero-order valence-electron chi connectivity index (χ0n) is 36.1. The van der Waals surface area contributed by atoms with E-state index in [9.17, 15) is 19.5 Å². The van der Waals surface area contributed by atoms with E-state index in [1.54, 1.807) is 12.1 Å². The van der Waals surface area contributed by atoms with E-state index < -0.39 is 0 Å². The lowest BCUT2D eigenvalue weighted by molar-refractivity contribution is -0.135. The average molecular weight is 874 g/mol. The molecule has 0 aliphatic carbocycles. The second-order valence-electron chi connectivity index (χ2n) is 17.9. The van der Waals surface area contributed by atoms with Crippen LogP contribution in [0.2, 0.25) is 0 Å². The molecule has 3 aromatic carbocycles. The predicted molar refractivity (Wildman–Crippen MR) is 247 cm³/mol. The Balaban J connectivity index is 0.747. The van der Waals surface area contributed by atoms with Crippen molar-refractivity contribution in [2.75, 3.05) is 79.8 Å². The predicted octanol–water partition coefficient (Wildman–Crippen LogP) is 6.12. The van der Waals surface area contributed by atoms with Crippen molar-refractivity contribution < 1.29 is 24.2 Å². The number of likely N-dealkylation sites (tertiary alicyclic amines) is 2. The number of imide groups is 1. The van der Waals surface area contributed by atoms with Gasteiger partial charge < -0.3 is 35.6 Å². The van der Waals surface area contributed by atoms with Crippen LogP contribution in [0.25, 0.3) is 11.3 Å². The van der Waals surface area contributed by atoms with E-state index >= 15 is 0 Å². The molecule has 63 heavy (non-hydrogen) atoms. The molecule has 4 fully saturated rings. The fourth-order valence-corrected chi connectivity index (χ4v) is 11.3. The number of ether oxygens (including phenoxy) is 1. The van der Waals surface area contributed by atoms with Gasteiger partial charge in [-0.05, 0) is 118 Å². The summed E-state index contributed by atoms with van der Waals surface area (Å²) in [7, 11) is 0. The molecule has 0 saturated carbocycles. The van der Waals surface area contributed by atoms with E-state index in [0.717, 1.165) is 101 Å². The number of nitrogens with one attached hydrogen (secondary N) is 2. The van der Waals surface area contributed by atoms with Crippen LogP contribution >= 0.6 is 11.8 Å². The fourth-order valence-electron chi connectivity index (χ4n) is 10.1. The van der Waals surface area contributed by atoms with E-state index in [4.69, 9.17) is 10.5 Å². The van der Waals surface area contributed by atoms with E-state index in [-0.39, 0.29) is 35.6 Å². The number of hydrogen-bond donors (Lipinski definition) is 4. The molecule has 0 bridgehead atoms. The standard InChI is InChI=1S/C48H59N9O5S/c1-31-12-13-34(29-56(28-31)42-27-39(52-53-47(42)49)38-8-2-3-11-43(38)58)50-33-6-4-7-36(26-33)63-35-18-22-55(23-19-35)45(60)30-54-20-16-32(17-21-54)37-9-5-10-40-46(37)62-25-24-57(40)41-14-15-44(59)51-48(41)61/h2-11,26-27,31-32,34-35,41,50,58H,12-25,28-30H2,1H3,(H2,49,53)(H,51,59,61)/t31-,34+,41-/m0/s1. The van der Waals surface area contributed by atoms with Crippen LogP contribution in [0.4, 0.5) is 22.9 Å². The Morgan fingerprint density at radius 1 is 0.889 bits per heavy atom. The van der Waals surface area contributed by atoms with Gasteiger partial charge in [-0.3, -0.25) is 24.6 Å². The highest BCUT2D eigenvalue weighted by molar-refractivity contribution is 8.00. The molecule has 14 nitrogen and oxygen atoms in total. The van der Waals surface area contributed by atoms with Gasteiger partial charge in [0.05, 0.1) is 30.2 Å². The van der Waals surface area contributed by atoms with Crippen LogP contribution in [0, 0.1) is 5.92 Å². The number of phenolic OH excluding ortho intramolecular Hbond substituents is 1. The number of nitrogens with two attached hydrogens (primary N) is 1. The number of rotatable bonds is 10. The molecule has 3 atom stereocenters. The van der Waals surface area contributed by atoms with Crippen molar-refractivity contribution in [3.8, 4) is 22.8 Å². The molecule has 5 N–H and O–H groups in total. The Morgan fingerprint density at radius 3 is 2.51 bits per heavy atom. The number of hydrogen-bond acceptors (Lipinski definition) is 13. The minimum atomic E-state index is -0.369.